The van der Waals surface area contributed by atoms with E-state index < -0.39 is 5.56 Å². The summed E-state index contributed by atoms with van der Waals surface area (Å²) in [5, 5.41) is 4.32. The zero-order valence-corrected chi connectivity index (χ0v) is 14.3. The second-order valence-corrected chi connectivity index (χ2v) is 5.94. The van der Waals surface area contributed by atoms with Gasteiger partial charge in [-0.2, -0.15) is 14.6 Å². The second kappa shape index (κ2) is 6.11. The number of Topliss-reactive ketones (excluding diaryl/α,β-unsaturated/α-hetero) is 1. The van der Waals surface area contributed by atoms with Crippen LogP contribution >= 0.6 is 0 Å². The molecule has 0 radical (unpaired) electrons. The Labute approximate surface area is 148 Å². The lowest BCUT2D eigenvalue weighted by molar-refractivity contribution is 0.0974. The molecule has 7 nitrogen and oxygen atoms in total. The molecule has 7 heteroatoms. The van der Waals surface area contributed by atoms with Crippen molar-refractivity contribution in [1.29, 1.82) is 0 Å². The molecule has 130 valence electrons. The molecule has 0 saturated carbocycles. The molecule has 0 bridgehead atoms. The van der Waals surface area contributed by atoms with Gasteiger partial charge in [-0.05, 0) is 43.3 Å². The van der Waals surface area contributed by atoms with Crippen molar-refractivity contribution in [2.45, 2.75) is 13.5 Å². The zero-order valence-electron chi connectivity index (χ0n) is 14.3. The average molecular weight is 348 g/mol. The first-order valence-corrected chi connectivity index (χ1v) is 8.10. The minimum Gasteiger partial charge on any atom is -0.497 e. The number of hydrogen-bond acceptors (Lipinski definition) is 5. The number of nitrogens with zero attached hydrogens (tertiary/aromatic N) is 4. The summed E-state index contributed by atoms with van der Waals surface area (Å²) in [6.45, 7) is 1.68. The number of carbonyl (C=O) groups excluding carboxylic acids is 1. The first-order valence-electron chi connectivity index (χ1n) is 8.10. The summed E-state index contributed by atoms with van der Waals surface area (Å²) in [5.41, 5.74) is 2.06. The fourth-order valence-electron chi connectivity index (χ4n) is 2.94. The Morgan fingerprint density at radius 3 is 2.46 bits per heavy atom. The standard InChI is InChI=1S/C19H16N4O3/c1-12-18(25)20-19-22(15-5-3-4-6-16(15)23(19)21-12)11-17(24)13-7-9-14(26-2)10-8-13/h3-10H,11H2,1-2H3. The summed E-state index contributed by atoms with van der Waals surface area (Å²) < 4.78 is 8.44. The third-order valence-electron chi connectivity index (χ3n) is 4.31. The lowest BCUT2D eigenvalue weighted by Crippen LogP contribution is -2.18. The van der Waals surface area contributed by atoms with Crippen LogP contribution in [0.1, 0.15) is 16.1 Å². The highest BCUT2D eigenvalue weighted by atomic mass is 16.5. The molecule has 0 N–H and O–H groups in total. The number of aromatic nitrogens is 4. The number of fused-ring (bicyclic) bond motifs is 3. The van der Waals surface area contributed by atoms with Crippen molar-refractivity contribution >= 4 is 22.6 Å². The smallest absolute Gasteiger partial charge is 0.296 e. The molecule has 0 fully saturated rings. The van der Waals surface area contributed by atoms with Gasteiger partial charge in [-0.3, -0.25) is 9.59 Å². The molecule has 2 heterocycles. The fourth-order valence-corrected chi connectivity index (χ4v) is 2.94. The Bertz CT molecular complexity index is 1190. The predicted octanol–water partition coefficient (Wildman–Crippen LogP) is 2.24. The number of rotatable bonds is 4. The van der Waals surface area contributed by atoms with E-state index >= 15 is 0 Å². The van der Waals surface area contributed by atoms with Gasteiger partial charge in [-0.15, -0.1) is 0 Å². The van der Waals surface area contributed by atoms with Crippen LogP contribution in [0.2, 0.25) is 0 Å². The van der Waals surface area contributed by atoms with Crippen molar-refractivity contribution in [3.8, 4) is 5.75 Å². The highest BCUT2D eigenvalue weighted by Crippen LogP contribution is 2.19. The topological polar surface area (TPSA) is 78.5 Å². The first kappa shape index (κ1) is 16.0. The molecule has 0 aliphatic heterocycles. The normalized spacial score (nSPS) is 11.2. The molecule has 0 spiro atoms. The lowest BCUT2D eigenvalue weighted by Gasteiger charge is -2.06. The number of ether oxygens (including phenoxy) is 1. The largest absolute Gasteiger partial charge is 0.497 e. The van der Waals surface area contributed by atoms with E-state index in [0.29, 0.717) is 22.8 Å². The van der Waals surface area contributed by atoms with Gasteiger partial charge in [0.2, 0.25) is 5.78 Å². The van der Waals surface area contributed by atoms with Gasteiger partial charge in [0, 0.05) is 5.56 Å². The Balaban J connectivity index is 1.85. The van der Waals surface area contributed by atoms with Crippen molar-refractivity contribution in [3.63, 3.8) is 0 Å². The van der Waals surface area contributed by atoms with Crippen LogP contribution in [0.3, 0.4) is 0 Å². The van der Waals surface area contributed by atoms with Crippen molar-refractivity contribution in [3.05, 3.63) is 70.1 Å². The molecule has 0 unspecified atom stereocenters. The van der Waals surface area contributed by atoms with E-state index in [1.54, 1.807) is 47.4 Å². The monoisotopic (exact) mass is 348 g/mol. The van der Waals surface area contributed by atoms with Crippen molar-refractivity contribution in [2.75, 3.05) is 7.11 Å². The summed E-state index contributed by atoms with van der Waals surface area (Å²) >= 11 is 0. The molecule has 2 aromatic heterocycles. The summed E-state index contributed by atoms with van der Waals surface area (Å²) in [6.07, 6.45) is 0. The second-order valence-electron chi connectivity index (χ2n) is 5.94. The van der Waals surface area contributed by atoms with E-state index in [-0.39, 0.29) is 12.3 Å². The van der Waals surface area contributed by atoms with Gasteiger partial charge in [-0.25, -0.2) is 0 Å². The van der Waals surface area contributed by atoms with Crippen LogP contribution in [0, 0.1) is 6.92 Å². The molecule has 4 rings (SSSR count). The van der Waals surface area contributed by atoms with E-state index in [2.05, 4.69) is 10.1 Å². The van der Waals surface area contributed by atoms with Crippen LogP contribution in [-0.2, 0) is 6.54 Å². The molecular formula is C19H16N4O3. The van der Waals surface area contributed by atoms with E-state index in [0.717, 1.165) is 11.0 Å². The van der Waals surface area contributed by atoms with Crippen molar-refractivity contribution in [2.24, 2.45) is 0 Å². The maximum absolute atomic E-state index is 12.8. The Kier molecular flexibility index (Phi) is 3.76. The number of para-hydroxylation sites is 2. The fraction of sp³-hybridized carbons (Fsp3) is 0.158. The highest BCUT2D eigenvalue weighted by Gasteiger charge is 2.16. The number of ketones is 1. The Morgan fingerprint density at radius 2 is 1.77 bits per heavy atom. The minimum atomic E-state index is -0.397. The number of benzene rings is 2. The maximum atomic E-state index is 12.8. The molecule has 0 saturated heterocycles. The van der Waals surface area contributed by atoms with Gasteiger partial charge in [0.05, 0.1) is 24.7 Å². The first-order chi connectivity index (χ1) is 12.6. The number of imidazole rings is 1. The molecule has 0 atom stereocenters. The van der Waals surface area contributed by atoms with Gasteiger partial charge in [0.15, 0.2) is 5.78 Å². The van der Waals surface area contributed by atoms with Crippen LogP contribution in [0.4, 0.5) is 0 Å². The summed E-state index contributed by atoms with van der Waals surface area (Å²) in [5.74, 6) is 0.945. The van der Waals surface area contributed by atoms with E-state index in [4.69, 9.17) is 4.74 Å². The van der Waals surface area contributed by atoms with E-state index in [9.17, 15) is 9.59 Å². The molecule has 4 aromatic rings. The molecular weight excluding hydrogens is 332 g/mol. The van der Waals surface area contributed by atoms with Crippen LogP contribution in [0.25, 0.3) is 16.8 Å². The van der Waals surface area contributed by atoms with Crippen molar-refractivity contribution in [1.82, 2.24) is 19.2 Å². The lowest BCUT2D eigenvalue weighted by atomic mass is 10.1. The Morgan fingerprint density at radius 1 is 1.08 bits per heavy atom. The van der Waals surface area contributed by atoms with Crippen LogP contribution in [0.15, 0.2) is 53.3 Å². The number of hydrogen-bond donors (Lipinski definition) is 0. The Hall–Kier alpha value is -3.48. The van der Waals surface area contributed by atoms with Gasteiger partial charge in [0.25, 0.3) is 5.56 Å². The van der Waals surface area contributed by atoms with E-state index in [1.807, 2.05) is 24.3 Å². The van der Waals surface area contributed by atoms with Crippen molar-refractivity contribution < 1.29 is 9.53 Å². The van der Waals surface area contributed by atoms with Crippen LogP contribution in [0.5, 0.6) is 5.75 Å². The predicted molar refractivity (Wildman–Crippen MR) is 96.8 cm³/mol. The summed E-state index contributed by atoms with van der Waals surface area (Å²) in [7, 11) is 1.58. The zero-order chi connectivity index (χ0) is 18.3. The average Bonchev–Trinajstić information content (AvgIpc) is 2.95. The molecule has 0 aliphatic rings. The number of carbonyl (C=O) groups is 1. The number of aryl methyl sites for hydroxylation is 1. The molecule has 0 amide bonds. The third kappa shape index (κ3) is 2.54. The highest BCUT2D eigenvalue weighted by molar-refractivity contribution is 5.97. The SMILES string of the molecule is COc1ccc(C(=O)Cn2c3ccccc3n3nc(C)c(=O)nc23)cc1. The summed E-state index contributed by atoms with van der Waals surface area (Å²) in [6, 6.07) is 14.4. The van der Waals surface area contributed by atoms with Gasteiger partial charge in [0.1, 0.15) is 11.4 Å². The number of methoxy groups -OCH3 is 1. The third-order valence-corrected chi connectivity index (χ3v) is 4.31. The van der Waals surface area contributed by atoms with Crippen LogP contribution < -0.4 is 10.3 Å². The maximum Gasteiger partial charge on any atom is 0.296 e. The molecule has 2 aromatic carbocycles. The molecule has 0 aliphatic carbocycles. The van der Waals surface area contributed by atoms with E-state index in [1.165, 1.54) is 0 Å². The summed E-state index contributed by atoms with van der Waals surface area (Å²) in [4.78, 5) is 28.9. The van der Waals surface area contributed by atoms with Gasteiger partial charge < -0.3 is 9.30 Å². The quantitative estimate of drug-likeness (QED) is 0.529. The van der Waals surface area contributed by atoms with Gasteiger partial charge in [-0.1, -0.05) is 12.1 Å². The van der Waals surface area contributed by atoms with Crippen LogP contribution in [-0.4, -0.2) is 32.1 Å². The minimum absolute atomic E-state index is 0.0561. The molecule has 26 heavy (non-hydrogen) atoms. The van der Waals surface area contributed by atoms with Gasteiger partial charge >= 0.3 is 0 Å².